The number of aryl methyl sites for hydroxylation is 1. The second-order valence-corrected chi connectivity index (χ2v) is 9.74. The van der Waals surface area contributed by atoms with Crippen LogP contribution in [-0.2, 0) is 14.9 Å². The molecule has 1 aliphatic rings. The number of pyridine rings is 1. The molecule has 2 aromatic rings. The Kier molecular flexibility index (Phi) is 6.93. The van der Waals surface area contributed by atoms with E-state index in [1.165, 1.54) is 14.0 Å². The number of rotatable bonds is 4. The standard InChI is InChI=1S/C24H31F2N5O3/c1-12-7-18(20(28-6)34-22(27)30-15-10-24(33,11-15)21(25)26)31-19-16(12)8-14(29-13(2)32)9-17(19)23(3,4)5/h7-9,15,21,33H,10-11H2,1-6H3,(H2,27,30)(H,29,32). The molecule has 1 heterocycles. The van der Waals surface area contributed by atoms with Gasteiger partial charge in [-0.2, -0.15) is 0 Å². The molecule has 1 amide bonds. The van der Waals surface area contributed by atoms with Crippen LogP contribution in [0.25, 0.3) is 10.9 Å². The Morgan fingerprint density at radius 2 is 1.97 bits per heavy atom. The van der Waals surface area contributed by atoms with Gasteiger partial charge in [0, 0.05) is 37.9 Å². The summed E-state index contributed by atoms with van der Waals surface area (Å²) in [7, 11) is 1.52. The average molecular weight is 476 g/mol. The Morgan fingerprint density at radius 3 is 2.50 bits per heavy atom. The maximum absolute atomic E-state index is 12.8. The van der Waals surface area contributed by atoms with Crippen LogP contribution in [0.15, 0.2) is 28.2 Å². The topological polar surface area (TPSA) is 122 Å². The highest BCUT2D eigenvalue weighted by atomic mass is 19.3. The maximum Gasteiger partial charge on any atom is 0.289 e. The summed E-state index contributed by atoms with van der Waals surface area (Å²) in [5.41, 5.74) is 7.26. The van der Waals surface area contributed by atoms with E-state index < -0.39 is 18.1 Å². The number of nitrogens with one attached hydrogen (secondary N) is 1. The van der Waals surface area contributed by atoms with Crippen LogP contribution in [0.1, 0.15) is 57.4 Å². The third kappa shape index (κ3) is 5.32. The summed E-state index contributed by atoms with van der Waals surface area (Å²) in [6.45, 7) is 9.54. The number of carbonyl (C=O) groups excluding carboxylic acids is 1. The molecule has 34 heavy (non-hydrogen) atoms. The van der Waals surface area contributed by atoms with Crippen molar-refractivity contribution in [2.45, 2.75) is 70.9 Å². The van der Waals surface area contributed by atoms with Crippen LogP contribution >= 0.6 is 0 Å². The zero-order valence-corrected chi connectivity index (χ0v) is 20.2. The van der Waals surface area contributed by atoms with E-state index in [2.05, 4.69) is 36.1 Å². The lowest BCUT2D eigenvalue weighted by Crippen LogP contribution is -2.52. The second-order valence-electron chi connectivity index (χ2n) is 9.74. The van der Waals surface area contributed by atoms with Gasteiger partial charge in [-0.15, -0.1) is 0 Å². The van der Waals surface area contributed by atoms with Gasteiger partial charge < -0.3 is 20.9 Å². The number of aromatic nitrogens is 1. The van der Waals surface area contributed by atoms with Crippen molar-refractivity contribution < 1.29 is 23.4 Å². The highest BCUT2D eigenvalue weighted by Gasteiger charge is 2.50. The number of ether oxygens (including phenoxy) is 1. The smallest absolute Gasteiger partial charge is 0.289 e. The van der Waals surface area contributed by atoms with Gasteiger partial charge in [-0.25, -0.2) is 18.8 Å². The number of carbonyl (C=O) groups is 1. The SMILES string of the molecule is CN=C(OC(N)=NC1CC(O)(C(F)F)C1)c1cc(C)c2cc(NC(C)=O)cc(C(C)(C)C)c2n1. The van der Waals surface area contributed by atoms with Crippen LogP contribution in [0.4, 0.5) is 14.5 Å². The first-order valence-electron chi connectivity index (χ1n) is 11.0. The molecule has 10 heteroatoms. The number of nitrogens with zero attached hydrogens (tertiary/aromatic N) is 3. The van der Waals surface area contributed by atoms with Crippen LogP contribution < -0.4 is 11.1 Å². The molecule has 0 bridgehead atoms. The molecule has 1 fully saturated rings. The number of alkyl halides is 2. The zero-order valence-electron chi connectivity index (χ0n) is 20.2. The summed E-state index contributed by atoms with van der Waals surface area (Å²) >= 11 is 0. The minimum Gasteiger partial charge on any atom is -0.405 e. The van der Waals surface area contributed by atoms with E-state index in [1.807, 2.05) is 19.1 Å². The van der Waals surface area contributed by atoms with Crippen molar-refractivity contribution >= 4 is 34.4 Å². The van der Waals surface area contributed by atoms with Gasteiger partial charge in [0.1, 0.15) is 11.3 Å². The highest BCUT2D eigenvalue weighted by molar-refractivity contribution is 6.02. The number of benzene rings is 1. The lowest BCUT2D eigenvalue weighted by molar-refractivity contribution is -0.150. The first-order chi connectivity index (χ1) is 15.7. The number of amides is 1. The molecular weight excluding hydrogens is 444 g/mol. The number of anilines is 1. The number of nitrogens with two attached hydrogens (primary N) is 1. The van der Waals surface area contributed by atoms with Gasteiger partial charge in [0.25, 0.3) is 12.4 Å². The molecule has 4 N–H and O–H groups in total. The lowest BCUT2D eigenvalue weighted by atomic mass is 9.76. The van der Waals surface area contributed by atoms with Gasteiger partial charge in [-0.05, 0) is 41.7 Å². The van der Waals surface area contributed by atoms with Crippen LogP contribution in [-0.4, -0.2) is 53.0 Å². The first-order valence-corrected chi connectivity index (χ1v) is 11.0. The molecule has 1 aromatic heterocycles. The molecule has 0 atom stereocenters. The third-order valence-corrected chi connectivity index (χ3v) is 5.77. The molecule has 1 aromatic carbocycles. The second kappa shape index (κ2) is 9.25. The number of amidine groups is 1. The van der Waals surface area contributed by atoms with E-state index in [0.29, 0.717) is 11.4 Å². The van der Waals surface area contributed by atoms with Gasteiger partial charge in [-0.1, -0.05) is 20.8 Å². The molecule has 0 aliphatic heterocycles. The average Bonchev–Trinajstić information content (AvgIpc) is 2.69. The number of halogens is 2. The monoisotopic (exact) mass is 475 g/mol. The molecule has 8 nitrogen and oxygen atoms in total. The summed E-state index contributed by atoms with van der Waals surface area (Å²) in [4.78, 5) is 24.6. The largest absolute Gasteiger partial charge is 0.405 e. The number of fused-ring (bicyclic) bond motifs is 1. The van der Waals surface area contributed by atoms with E-state index in [-0.39, 0.29) is 36.1 Å². The Bertz CT molecular complexity index is 1170. The fraction of sp³-hybridized carbons (Fsp3) is 0.500. The van der Waals surface area contributed by atoms with Crippen LogP contribution in [0, 0.1) is 6.92 Å². The van der Waals surface area contributed by atoms with Gasteiger partial charge in [0.15, 0.2) is 0 Å². The minimum absolute atomic E-state index is 0.125. The molecule has 0 saturated heterocycles. The van der Waals surface area contributed by atoms with E-state index in [9.17, 15) is 18.7 Å². The van der Waals surface area contributed by atoms with Gasteiger partial charge in [0.05, 0.1) is 11.6 Å². The number of hydrogen-bond acceptors (Lipinski definition) is 6. The Morgan fingerprint density at radius 1 is 1.32 bits per heavy atom. The molecule has 0 radical (unpaired) electrons. The molecule has 0 unspecified atom stereocenters. The van der Waals surface area contributed by atoms with Gasteiger partial charge >= 0.3 is 0 Å². The van der Waals surface area contributed by atoms with E-state index in [4.69, 9.17) is 15.5 Å². The number of hydrogen-bond donors (Lipinski definition) is 3. The zero-order chi connectivity index (χ0) is 25.4. The van der Waals surface area contributed by atoms with Gasteiger partial charge in [0.2, 0.25) is 11.8 Å². The highest BCUT2D eigenvalue weighted by Crippen LogP contribution is 2.39. The van der Waals surface area contributed by atoms with Crippen LogP contribution in [0.2, 0.25) is 0 Å². The van der Waals surface area contributed by atoms with Crippen LogP contribution in [0.3, 0.4) is 0 Å². The number of aliphatic imine (C=N–C) groups is 2. The Labute approximate surface area is 197 Å². The van der Waals surface area contributed by atoms with Crippen LogP contribution in [0.5, 0.6) is 0 Å². The normalized spacial score (nSPS) is 21.5. The van der Waals surface area contributed by atoms with E-state index in [1.54, 1.807) is 6.07 Å². The van der Waals surface area contributed by atoms with Crippen molar-refractivity contribution in [3.63, 3.8) is 0 Å². The first kappa shape index (κ1) is 25.5. The molecule has 1 saturated carbocycles. The molecular formula is C24H31F2N5O3. The minimum atomic E-state index is -2.83. The van der Waals surface area contributed by atoms with E-state index in [0.717, 1.165) is 22.0 Å². The molecule has 0 spiro atoms. The predicted octanol–water partition coefficient (Wildman–Crippen LogP) is 3.67. The Hall–Kier alpha value is -3.14. The molecule has 3 rings (SSSR count). The predicted molar refractivity (Wildman–Crippen MR) is 129 cm³/mol. The summed E-state index contributed by atoms with van der Waals surface area (Å²) in [6.07, 6.45) is -3.21. The maximum atomic E-state index is 12.8. The fourth-order valence-corrected chi connectivity index (χ4v) is 3.99. The van der Waals surface area contributed by atoms with E-state index >= 15 is 0 Å². The third-order valence-electron chi connectivity index (χ3n) is 5.77. The Balaban J connectivity index is 1.95. The molecule has 1 aliphatic carbocycles. The van der Waals surface area contributed by atoms with Crippen molar-refractivity contribution in [3.8, 4) is 0 Å². The summed E-state index contributed by atoms with van der Waals surface area (Å²) < 4.78 is 31.3. The van der Waals surface area contributed by atoms with Crippen molar-refractivity contribution in [2.24, 2.45) is 15.7 Å². The van der Waals surface area contributed by atoms with Crippen molar-refractivity contribution in [3.05, 3.63) is 35.0 Å². The lowest BCUT2D eigenvalue weighted by Gasteiger charge is -2.40. The molecule has 184 valence electrons. The number of aliphatic hydroxyl groups is 1. The van der Waals surface area contributed by atoms with Gasteiger partial charge in [-0.3, -0.25) is 9.79 Å². The van der Waals surface area contributed by atoms with Crippen molar-refractivity contribution in [2.75, 3.05) is 12.4 Å². The summed E-state index contributed by atoms with van der Waals surface area (Å²) in [5, 5.41) is 13.4. The summed E-state index contributed by atoms with van der Waals surface area (Å²) in [6, 6.07) is 4.78. The quantitative estimate of drug-likeness (QED) is 0.460. The van der Waals surface area contributed by atoms with Crippen molar-refractivity contribution in [1.29, 1.82) is 0 Å². The fourth-order valence-electron chi connectivity index (χ4n) is 3.99. The summed E-state index contributed by atoms with van der Waals surface area (Å²) in [5.74, 6) is -0.0380. The van der Waals surface area contributed by atoms with Crippen molar-refractivity contribution in [1.82, 2.24) is 4.98 Å².